The van der Waals surface area contributed by atoms with Crippen molar-refractivity contribution in [1.29, 1.82) is 0 Å². The molecule has 0 saturated carbocycles. The first-order valence-electron chi connectivity index (χ1n) is 6.84. The number of nitrogens with one attached hydrogen (secondary N) is 1. The number of aromatic nitrogens is 2. The van der Waals surface area contributed by atoms with Gasteiger partial charge in [0, 0.05) is 22.4 Å². The zero-order valence-corrected chi connectivity index (χ0v) is 14.9. The first-order valence-corrected chi connectivity index (χ1v) is 9.62. The Morgan fingerprint density at radius 3 is 2.46 bits per heavy atom. The highest BCUT2D eigenvalue weighted by Gasteiger charge is 2.14. The van der Waals surface area contributed by atoms with Gasteiger partial charge in [0.15, 0.2) is 11.5 Å². The van der Waals surface area contributed by atoms with Crippen LogP contribution in [0.1, 0.15) is 0 Å². The van der Waals surface area contributed by atoms with Crippen LogP contribution in [0.2, 0.25) is 0 Å². The van der Waals surface area contributed by atoms with Crippen molar-refractivity contribution in [2.75, 3.05) is 25.2 Å². The lowest BCUT2D eigenvalue weighted by molar-refractivity contribution is 0.356. The maximum absolute atomic E-state index is 11.4. The summed E-state index contributed by atoms with van der Waals surface area (Å²) < 4.78 is 35.8. The quantitative estimate of drug-likeness (QED) is 0.748. The van der Waals surface area contributed by atoms with E-state index in [9.17, 15) is 8.42 Å². The summed E-state index contributed by atoms with van der Waals surface area (Å²) in [6.45, 7) is 0. The third-order valence-electron chi connectivity index (χ3n) is 3.30. The fraction of sp³-hybridized carbons (Fsp3) is 0.200. The molecule has 0 saturated heterocycles. The molecule has 126 valence electrons. The van der Waals surface area contributed by atoms with Crippen molar-refractivity contribution in [3.05, 3.63) is 29.9 Å². The maximum Gasteiger partial charge on any atom is 0.230 e. The van der Waals surface area contributed by atoms with E-state index in [4.69, 9.17) is 9.47 Å². The molecule has 1 N–H and O–H groups in total. The molecule has 0 aliphatic carbocycles. The monoisotopic (exact) mass is 365 g/mol. The van der Waals surface area contributed by atoms with Gasteiger partial charge < -0.3 is 9.47 Å². The minimum Gasteiger partial charge on any atom is -0.493 e. The summed E-state index contributed by atoms with van der Waals surface area (Å²) in [5.41, 5.74) is 2.20. The predicted molar refractivity (Wildman–Crippen MR) is 94.4 cm³/mol. The Balaban J connectivity index is 2.13. The summed E-state index contributed by atoms with van der Waals surface area (Å²) in [6.07, 6.45) is 2.58. The Kier molecular flexibility index (Phi) is 4.29. The first kappa shape index (κ1) is 16.5. The van der Waals surface area contributed by atoms with Crippen LogP contribution in [-0.2, 0) is 10.0 Å². The second-order valence-electron chi connectivity index (χ2n) is 5.02. The minimum atomic E-state index is -3.32. The van der Waals surface area contributed by atoms with Gasteiger partial charge in [-0.15, -0.1) is 11.3 Å². The molecule has 0 aliphatic rings. The van der Waals surface area contributed by atoms with E-state index in [1.807, 2.05) is 11.4 Å². The van der Waals surface area contributed by atoms with E-state index in [0.717, 1.165) is 17.2 Å². The van der Waals surface area contributed by atoms with Gasteiger partial charge in [0.25, 0.3) is 0 Å². The Hall–Kier alpha value is -2.39. The fourth-order valence-electron chi connectivity index (χ4n) is 2.31. The van der Waals surface area contributed by atoms with Crippen molar-refractivity contribution in [3.63, 3.8) is 0 Å². The molecule has 1 aromatic carbocycles. The molecule has 7 nitrogen and oxygen atoms in total. The highest BCUT2D eigenvalue weighted by Crippen LogP contribution is 2.37. The van der Waals surface area contributed by atoms with Gasteiger partial charge in [0.2, 0.25) is 10.0 Å². The molecule has 0 unspecified atom stereocenters. The molecule has 0 bridgehead atoms. The fourth-order valence-corrected chi connectivity index (χ4v) is 4.01. The number of rotatable bonds is 5. The van der Waals surface area contributed by atoms with Crippen molar-refractivity contribution in [2.45, 2.75) is 0 Å². The number of thiophene rings is 1. The average Bonchev–Trinajstić information content (AvgIpc) is 2.99. The van der Waals surface area contributed by atoms with Crippen LogP contribution >= 0.6 is 11.3 Å². The number of anilines is 1. The molecule has 0 amide bonds. The van der Waals surface area contributed by atoms with E-state index in [0.29, 0.717) is 27.7 Å². The zero-order valence-electron chi connectivity index (χ0n) is 13.2. The van der Waals surface area contributed by atoms with Crippen LogP contribution in [0.3, 0.4) is 0 Å². The molecular formula is C15H15N3O4S2. The highest BCUT2D eigenvalue weighted by molar-refractivity contribution is 7.92. The predicted octanol–water partition coefficient (Wildman–Crippen LogP) is 2.75. The molecular weight excluding hydrogens is 350 g/mol. The van der Waals surface area contributed by atoms with Crippen molar-refractivity contribution in [1.82, 2.24) is 9.97 Å². The zero-order chi connectivity index (χ0) is 17.3. The molecule has 3 aromatic rings. The van der Waals surface area contributed by atoms with Crippen LogP contribution in [0.15, 0.2) is 29.9 Å². The van der Waals surface area contributed by atoms with Crippen molar-refractivity contribution >= 4 is 37.3 Å². The minimum absolute atomic E-state index is 0.528. The van der Waals surface area contributed by atoms with Gasteiger partial charge in [0.1, 0.15) is 11.3 Å². The van der Waals surface area contributed by atoms with Crippen molar-refractivity contribution in [2.24, 2.45) is 0 Å². The standard InChI is InChI=1S/C15H15N3O4S2/c1-21-12-5-10-11(6-13(12)22-2)16-8-17-15(10)9-4-14(23-7-9)18-24(3,19)20/h4-8,18H,1-3H3. The van der Waals surface area contributed by atoms with E-state index >= 15 is 0 Å². The normalized spacial score (nSPS) is 11.5. The van der Waals surface area contributed by atoms with Gasteiger partial charge in [-0.05, 0) is 12.1 Å². The third-order valence-corrected chi connectivity index (χ3v) is 4.87. The number of hydrogen-bond donors (Lipinski definition) is 1. The number of sulfonamides is 1. The highest BCUT2D eigenvalue weighted by atomic mass is 32.2. The molecule has 0 aliphatic heterocycles. The Labute approximate surface area is 143 Å². The van der Waals surface area contributed by atoms with E-state index in [2.05, 4.69) is 14.7 Å². The smallest absolute Gasteiger partial charge is 0.230 e. The molecule has 2 aromatic heterocycles. The Morgan fingerprint density at radius 2 is 1.79 bits per heavy atom. The lowest BCUT2D eigenvalue weighted by atomic mass is 10.1. The number of methoxy groups -OCH3 is 2. The van der Waals surface area contributed by atoms with E-state index in [1.165, 1.54) is 17.7 Å². The van der Waals surface area contributed by atoms with Gasteiger partial charge in [-0.2, -0.15) is 0 Å². The van der Waals surface area contributed by atoms with E-state index in [-0.39, 0.29) is 0 Å². The van der Waals surface area contributed by atoms with Crippen LogP contribution in [0.4, 0.5) is 5.00 Å². The number of fused-ring (bicyclic) bond motifs is 1. The molecule has 24 heavy (non-hydrogen) atoms. The summed E-state index contributed by atoms with van der Waals surface area (Å²) >= 11 is 1.29. The molecule has 0 spiro atoms. The van der Waals surface area contributed by atoms with Gasteiger partial charge in [-0.1, -0.05) is 0 Å². The molecule has 0 radical (unpaired) electrons. The topological polar surface area (TPSA) is 90.4 Å². The van der Waals surface area contributed by atoms with Gasteiger partial charge in [0.05, 0.1) is 31.7 Å². The summed E-state index contributed by atoms with van der Waals surface area (Å²) in [6, 6.07) is 5.33. The van der Waals surface area contributed by atoms with Crippen LogP contribution in [0.25, 0.3) is 22.2 Å². The average molecular weight is 365 g/mol. The van der Waals surface area contributed by atoms with E-state index in [1.54, 1.807) is 26.4 Å². The van der Waals surface area contributed by atoms with Crippen LogP contribution in [0, 0.1) is 0 Å². The second kappa shape index (κ2) is 6.25. The number of nitrogens with zero attached hydrogens (tertiary/aromatic N) is 2. The lowest BCUT2D eigenvalue weighted by Gasteiger charge is -2.10. The van der Waals surface area contributed by atoms with Crippen molar-refractivity contribution in [3.8, 4) is 22.8 Å². The van der Waals surface area contributed by atoms with Gasteiger partial charge in [-0.25, -0.2) is 18.4 Å². The van der Waals surface area contributed by atoms with Crippen LogP contribution in [0.5, 0.6) is 11.5 Å². The molecule has 9 heteroatoms. The molecule has 2 heterocycles. The maximum atomic E-state index is 11.4. The van der Waals surface area contributed by atoms with Crippen molar-refractivity contribution < 1.29 is 17.9 Å². The lowest BCUT2D eigenvalue weighted by Crippen LogP contribution is -2.07. The Bertz CT molecular complexity index is 999. The summed E-state index contributed by atoms with van der Waals surface area (Å²) in [5.74, 6) is 1.16. The summed E-state index contributed by atoms with van der Waals surface area (Å²) in [7, 11) is -0.192. The Morgan fingerprint density at radius 1 is 1.08 bits per heavy atom. The summed E-state index contributed by atoms with van der Waals surface area (Å²) in [4.78, 5) is 8.60. The second-order valence-corrected chi connectivity index (χ2v) is 7.68. The largest absolute Gasteiger partial charge is 0.493 e. The molecule has 0 atom stereocenters. The first-order chi connectivity index (χ1) is 11.4. The summed E-state index contributed by atoms with van der Waals surface area (Å²) in [5, 5.41) is 3.16. The van der Waals surface area contributed by atoms with Gasteiger partial charge in [-0.3, -0.25) is 4.72 Å². The number of ether oxygens (including phenoxy) is 2. The SMILES string of the molecule is COc1cc2ncnc(-c3csc(NS(C)(=O)=O)c3)c2cc1OC. The van der Waals surface area contributed by atoms with E-state index < -0.39 is 10.0 Å². The third kappa shape index (κ3) is 3.26. The number of hydrogen-bond acceptors (Lipinski definition) is 7. The number of benzene rings is 1. The van der Waals surface area contributed by atoms with Crippen LogP contribution in [-0.4, -0.2) is 38.9 Å². The molecule has 3 rings (SSSR count). The van der Waals surface area contributed by atoms with Gasteiger partial charge >= 0.3 is 0 Å². The van der Waals surface area contributed by atoms with Crippen LogP contribution < -0.4 is 14.2 Å². The molecule has 0 fully saturated rings.